The smallest absolute Gasteiger partial charge is 0.274 e. The number of para-hydroxylation sites is 1. The van der Waals surface area contributed by atoms with Crippen molar-refractivity contribution >= 4 is 11.6 Å². The molecule has 2 aromatic rings. The highest BCUT2D eigenvalue weighted by molar-refractivity contribution is 5.94. The number of carbonyl (C=O) groups excluding carboxylic acids is 1. The summed E-state index contributed by atoms with van der Waals surface area (Å²) in [5.41, 5.74) is 1.53. The molecular formula is C12H12N4O3. The van der Waals surface area contributed by atoms with Gasteiger partial charge in [-0.1, -0.05) is 18.2 Å². The van der Waals surface area contributed by atoms with Crippen LogP contribution in [0.1, 0.15) is 21.6 Å². The van der Waals surface area contributed by atoms with Crippen LogP contribution in [0.3, 0.4) is 0 Å². The molecule has 0 unspecified atom stereocenters. The van der Waals surface area contributed by atoms with Crippen LogP contribution in [-0.4, -0.2) is 21.0 Å². The van der Waals surface area contributed by atoms with E-state index in [0.717, 1.165) is 0 Å². The summed E-state index contributed by atoms with van der Waals surface area (Å²) in [5.74, 6) is -0.315. The number of rotatable bonds is 4. The largest absolute Gasteiger partial charge is 0.348 e. The highest BCUT2D eigenvalue weighted by Crippen LogP contribution is 2.17. The van der Waals surface area contributed by atoms with Gasteiger partial charge in [-0.2, -0.15) is 5.10 Å². The summed E-state index contributed by atoms with van der Waals surface area (Å²) >= 11 is 0. The first-order valence-electron chi connectivity index (χ1n) is 5.60. The van der Waals surface area contributed by atoms with Gasteiger partial charge in [0.25, 0.3) is 11.6 Å². The average Bonchev–Trinajstić information content (AvgIpc) is 2.82. The molecule has 7 nitrogen and oxygen atoms in total. The van der Waals surface area contributed by atoms with Crippen molar-refractivity contribution < 1.29 is 9.72 Å². The van der Waals surface area contributed by atoms with Gasteiger partial charge in [-0.3, -0.25) is 20.0 Å². The van der Waals surface area contributed by atoms with E-state index < -0.39 is 4.92 Å². The number of nitrogens with one attached hydrogen (secondary N) is 2. The summed E-state index contributed by atoms with van der Waals surface area (Å²) in [6, 6.07) is 6.30. The zero-order valence-corrected chi connectivity index (χ0v) is 10.2. The number of hydrogen-bond acceptors (Lipinski definition) is 4. The van der Waals surface area contributed by atoms with Gasteiger partial charge in [0, 0.05) is 23.9 Å². The maximum absolute atomic E-state index is 11.8. The molecular weight excluding hydrogens is 248 g/mol. The molecule has 98 valence electrons. The summed E-state index contributed by atoms with van der Waals surface area (Å²) in [7, 11) is 0. The SMILES string of the molecule is Cc1[nH]ncc1C(=O)NCc1ccccc1[N+](=O)[O-]. The molecule has 0 bridgehead atoms. The molecule has 0 aliphatic carbocycles. The van der Waals surface area contributed by atoms with E-state index in [1.165, 1.54) is 12.3 Å². The number of H-pyrrole nitrogens is 1. The van der Waals surface area contributed by atoms with Crippen LogP contribution >= 0.6 is 0 Å². The van der Waals surface area contributed by atoms with E-state index in [1.54, 1.807) is 25.1 Å². The lowest BCUT2D eigenvalue weighted by Gasteiger charge is -2.05. The Labute approximate surface area is 108 Å². The van der Waals surface area contributed by atoms with Crippen molar-refractivity contribution in [1.29, 1.82) is 0 Å². The Morgan fingerprint density at radius 2 is 2.21 bits per heavy atom. The van der Waals surface area contributed by atoms with Crippen LogP contribution in [0.2, 0.25) is 0 Å². The van der Waals surface area contributed by atoms with E-state index in [2.05, 4.69) is 15.5 Å². The van der Waals surface area contributed by atoms with Crippen LogP contribution in [0.25, 0.3) is 0 Å². The Balaban J connectivity index is 2.10. The van der Waals surface area contributed by atoms with Crippen molar-refractivity contribution in [3.8, 4) is 0 Å². The van der Waals surface area contributed by atoms with E-state index >= 15 is 0 Å². The average molecular weight is 260 g/mol. The maximum atomic E-state index is 11.8. The number of aromatic nitrogens is 2. The fourth-order valence-electron chi connectivity index (χ4n) is 1.69. The monoisotopic (exact) mass is 260 g/mol. The third-order valence-electron chi connectivity index (χ3n) is 2.70. The van der Waals surface area contributed by atoms with Gasteiger partial charge >= 0.3 is 0 Å². The van der Waals surface area contributed by atoms with Gasteiger partial charge in [-0.25, -0.2) is 0 Å². The number of amides is 1. The van der Waals surface area contributed by atoms with Crippen molar-refractivity contribution in [1.82, 2.24) is 15.5 Å². The van der Waals surface area contributed by atoms with Gasteiger partial charge in [0.2, 0.25) is 0 Å². The highest BCUT2D eigenvalue weighted by atomic mass is 16.6. The van der Waals surface area contributed by atoms with Gasteiger partial charge in [0.15, 0.2) is 0 Å². The summed E-state index contributed by atoms with van der Waals surface area (Å²) in [5, 5.41) is 19.9. The fraction of sp³-hybridized carbons (Fsp3) is 0.167. The Bertz CT molecular complexity index is 621. The molecule has 0 saturated heterocycles. The van der Waals surface area contributed by atoms with Crippen LogP contribution in [-0.2, 0) is 6.54 Å². The van der Waals surface area contributed by atoms with Crippen LogP contribution in [0, 0.1) is 17.0 Å². The Morgan fingerprint density at radius 3 is 2.84 bits per heavy atom. The number of hydrogen-bond donors (Lipinski definition) is 2. The molecule has 7 heteroatoms. The van der Waals surface area contributed by atoms with E-state index in [0.29, 0.717) is 16.8 Å². The lowest BCUT2D eigenvalue weighted by atomic mass is 10.1. The molecule has 0 radical (unpaired) electrons. The van der Waals surface area contributed by atoms with Gasteiger partial charge in [0.1, 0.15) is 0 Å². The quantitative estimate of drug-likeness (QED) is 0.643. The molecule has 2 rings (SSSR count). The van der Waals surface area contributed by atoms with Crippen molar-refractivity contribution in [3.05, 3.63) is 57.4 Å². The first-order chi connectivity index (χ1) is 9.09. The second-order valence-corrected chi connectivity index (χ2v) is 3.98. The van der Waals surface area contributed by atoms with Crippen molar-refractivity contribution in [2.24, 2.45) is 0 Å². The van der Waals surface area contributed by atoms with Crippen LogP contribution in [0.5, 0.6) is 0 Å². The summed E-state index contributed by atoms with van der Waals surface area (Å²) in [6.07, 6.45) is 1.42. The predicted molar refractivity (Wildman–Crippen MR) is 67.6 cm³/mol. The van der Waals surface area contributed by atoms with Gasteiger partial charge in [-0.15, -0.1) is 0 Å². The van der Waals surface area contributed by atoms with Crippen LogP contribution < -0.4 is 5.32 Å². The number of carbonyl (C=O) groups is 1. The zero-order chi connectivity index (χ0) is 13.8. The van der Waals surface area contributed by atoms with E-state index in [9.17, 15) is 14.9 Å². The van der Waals surface area contributed by atoms with Gasteiger partial charge in [-0.05, 0) is 6.92 Å². The Hall–Kier alpha value is -2.70. The first-order valence-corrected chi connectivity index (χ1v) is 5.60. The lowest BCUT2D eigenvalue weighted by Crippen LogP contribution is -2.23. The number of nitro benzene ring substituents is 1. The fourth-order valence-corrected chi connectivity index (χ4v) is 1.69. The molecule has 19 heavy (non-hydrogen) atoms. The van der Waals surface area contributed by atoms with Crippen LogP contribution in [0.4, 0.5) is 5.69 Å². The summed E-state index contributed by atoms with van der Waals surface area (Å²) in [4.78, 5) is 22.2. The summed E-state index contributed by atoms with van der Waals surface area (Å²) < 4.78 is 0. The minimum atomic E-state index is -0.468. The van der Waals surface area contributed by atoms with Crippen molar-refractivity contribution in [3.63, 3.8) is 0 Å². The number of benzene rings is 1. The Morgan fingerprint density at radius 1 is 1.47 bits per heavy atom. The minimum absolute atomic E-state index is 0.00767. The molecule has 0 aliphatic rings. The molecule has 1 amide bonds. The third-order valence-corrected chi connectivity index (χ3v) is 2.70. The van der Waals surface area contributed by atoms with Gasteiger partial charge in [0.05, 0.1) is 16.7 Å². The normalized spacial score (nSPS) is 10.2. The second kappa shape index (κ2) is 5.30. The Kier molecular flexibility index (Phi) is 3.56. The number of aromatic amines is 1. The van der Waals surface area contributed by atoms with Gasteiger partial charge < -0.3 is 5.32 Å². The number of nitrogens with zero attached hydrogens (tertiary/aromatic N) is 2. The summed E-state index contributed by atoms with van der Waals surface area (Å²) in [6.45, 7) is 1.83. The maximum Gasteiger partial charge on any atom is 0.274 e. The molecule has 0 atom stereocenters. The molecule has 1 aromatic carbocycles. The standard InChI is InChI=1S/C12H12N4O3/c1-8-10(7-14-15-8)12(17)13-6-9-4-2-3-5-11(9)16(18)19/h2-5,7H,6H2,1H3,(H,13,17)(H,14,15). The second-order valence-electron chi connectivity index (χ2n) is 3.98. The first kappa shape index (κ1) is 12.7. The molecule has 0 saturated carbocycles. The van der Waals surface area contributed by atoms with Crippen molar-refractivity contribution in [2.45, 2.75) is 13.5 Å². The van der Waals surface area contributed by atoms with Crippen molar-refractivity contribution in [2.75, 3.05) is 0 Å². The molecule has 0 fully saturated rings. The van der Waals surface area contributed by atoms with Crippen LogP contribution in [0.15, 0.2) is 30.5 Å². The molecule has 2 N–H and O–H groups in total. The number of nitro groups is 1. The zero-order valence-electron chi connectivity index (χ0n) is 10.2. The molecule has 0 aliphatic heterocycles. The highest BCUT2D eigenvalue weighted by Gasteiger charge is 2.15. The third kappa shape index (κ3) is 2.76. The minimum Gasteiger partial charge on any atom is -0.348 e. The predicted octanol–water partition coefficient (Wildman–Crippen LogP) is 1.56. The molecule has 0 spiro atoms. The molecule has 1 aromatic heterocycles. The van der Waals surface area contributed by atoms with E-state index in [4.69, 9.17) is 0 Å². The molecule has 1 heterocycles. The van der Waals surface area contributed by atoms with E-state index in [-0.39, 0.29) is 18.1 Å². The topological polar surface area (TPSA) is 101 Å². The van der Waals surface area contributed by atoms with E-state index in [1.807, 2.05) is 0 Å². The lowest BCUT2D eigenvalue weighted by molar-refractivity contribution is -0.385. The number of aryl methyl sites for hydroxylation is 1.